The average Bonchev–Trinajstić information content (AvgIpc) is 3.39. The van der Waals surface area contributed by atoms with Crippen molar-refractivity contribution in [2.75, 3.05) is 5.32 Å². The molecule has 1 aromatic carbocycles. The lowest BCUT2D eigenvalue weighted by Crippen LogP contribution is -2.04. The van der Waals surface area contributed by atoms with E-state index in [1.165, 1.54) is 0 Å². The van der Waals surface area contributed by atoms with Crippen molar-refractivity contribution in [1.82, 2.24) is 34.9 Å². The average molecular weight is 390 g/mol. The van der Waals surface area contributed by atoms with Crippen molar-refractivity contribution >= 4 is 44.1 Å². The fourth-order valence-corrected chi connectivity index (χ4v) is 3.93. The van der Waals surface area contributed by atoms with Crippen LogP contribution >= 0.6 is 11.3 Å². The van der Waals surface area contributed by atoms with Gasteiger partial charge < -0.3 is 5.32 Å². The maximum absolute atomic E-state index is 4.72. The van der Waals surface area contributed by atoms with Gasteiger partial charge in [0.25, 0.3) is 0 Å². The lowest BCUT2D eigenvalue weighted by atomic mass is 10.2. The third-order valence-electron chi connectivity index (χ3n) is 4.23. The van der Waals surface area contributed by atoms with Crippen LogP contribution < -0.4 is 5.32 Å². The summed E-state index contributed by atoms with van der Waals surface area (Å²) in [5, 5.41) is 15.6. The van der Waals surface area contributed by atoms with Crippen LogP contribution in [0.3, 0.4) is 0 Å². The lowest BCUT2D eigenvalue weighted by molar-refractivity contribution is 0.483. The molecule has 5 aromatic rings. The third kappa shape index (κ3) is 3.09. The van der Waals surface area contributed by atoms with Gasteiger partial charge in [-0.2, -0.15) is 10.2 Å². The first-order valence-corrected chi connectivity index (χ1v) is 9.84. The van der Waals surface area contributed by atoms with Gasteiger partial charge in [0.2, 0.25) is 0 Å². The topological polar surface area (TPSA) is 97.2 Å². The minimum Gasteiger partial charge on any atom is -0.336 e. The van der Waals surface area contributed by atoms with Crippen LogP contribution in [0.15, 0.2) is 42.9 Å². The molecule has 4 heterocycles. The van der Waals surface area contributed by atoms with Crippen LogP contribution in [-0.4, -0.2) is 34.9 Å². The molecule has 0 unspecified atom stereocenters. The quantitative estimate of drug-likeness (QED) is 0.466. The van der Waals surface area contributed by atoms with Crippen LogP contribution in [-0.2, 0) is 6.54 Å². The number of hydrogen-bond donors (Lipinski definition) is 2. The zero-order valence-electron chi connectivity index (χ0n) is 15.4. The summed E-state index contributed by atoms with van der Waals surface area (Å²) in [6.45, 7) is 5.19. The molecule has 0 saturated carbocycles. The monoisotopic (exact) mass is 390 g/mol. The van der Waals surface area contributed by atoms with E-state index in [9.17, 15) is 0 Å². The molecule has 9 heteroatoms. The molecule has 0 aliphatic heterocycles. The number of H-pyrrole nitrogens is 1. The lowest BCUT2D eigenvalue weighted by Gasteiger charge is -2.06. The first-order chi connectivity index (χ1) is 13.7. The first-order valence-electron chi connectivity index (χ1n) is 9.02. The van der Waals surface area contributed by atoms with Crippen molar-refractivity contribution in [2.45, 2.75) is 20.4 Å². The Kier molecular flexibility index (Phi) is 4.01. The van der Waals surface area contributed by atoms with E-state index in [0.29, 0.717) is 17.6 Å². The summed E-state index contributed by atoms with van der Waals surface area (Å²) in [7, 11) is 0. The van der Waals surface area contributed by atoms with Gasteiger partial charge in [-0.15, -0.1) is 11.3 Å². The van der Waals surface area contributed by atoms with E-state index in [4.69, 9.17) is 4.98 Å². The van der Waals surface area contributed by atoms with Crippen LogP contribution in [0, 0.1) is 5.92 Å². The van der Waals surface area contributed by atoms with E-state index in [1.54, 1.807) is 23.7 Å². The molecule has 2 N–H and O–H groups in total. The molecule has 0 fully saturated rings. The molecule has 8 nitrogen and oxygen atoms in total. The Balaban J connectivity index is 1.55. The first kappa shape index (κ1) is 16.8. The second-order valence-corrected chi connectivity index (χ2v) is 8.01. The van der Waals surface area contributed by atoms with Gasteiger partial charge >= 0.3 is 0 Å². The summed E-state index contributed by atoms with van der Waals surface area (Å²) in [5.41, 5.74) is 3.30. The summed E-state index contributed by atoms with van der Waals surface area (Å²) >= 11 is 1.58. The number of rotatable bonds is 5. The van der Waals surface area contributed by atoms with Crippen molar-refractivity contribution in [2.24, 2.45) is 5.92 Å². The van der Waals surface area contributed by atoms with Crippen LogP contribution in [0.4, 0.5) is 11.5 Å². The van der Waals surface area contributed by atoms with Crippen molar-refractivity contribution in [3.8, 4) is 10.8 Å². The van der Waals surface area contributed by atoms with E-state index in [-0.39, 0.29) is 0 Å². The van der Waals surface area contributed by atoms with Gasteiger partial charge in [-0.05, 0) is 18.1 Å². The number of hydrogen-bond acceptors (Lipinski definition) is 7. The fourth-order valence-electron chi connectivity index (χ4n) is 3.03. The van der Waals surface area contributed by atoms with Gasteiger partial charge in [0.1, 0.15) is 11.0 Å². The highest BCUT2D eigenvalue weighted by molar-refractivity contribution is 7.21. The Morgan fingerprint density at radius 3 is 2.86 bits per heavy atom. The van der Waals surface area contributed by atoms with Crippen LogP contribution in [0.1, 0.15) is 13.8 Å². The van der Waals surface area contributed by atoms with Crippen molar-refractivity contribution in [3.63, 3.8) is 0 Å². The maximum Gasteiger partial charge on any atom is 0.191 e. The van der Waals surface area contributed by atoms with Gasteiger partial charge in [0.15, 0.2) is 16.6 Å². The van der Waals surface area contributed by atoms with Gasteiger partial charge in [-0.3, -0.25) is 9.78 Å². The number of nitrogens with zero attached hydrogens (tertiary/aromatic N) is 6. The molecule has 0 amide bonds. The van der Waals surface area contributed by atoms with Crippen molar-refractivity contribution < 1.29 is 0 Å². The molecule has 0 bridgehead atoms. The molecular formula is C19H18N8S. The number of fused-ring (bicyclic) bond motifs is 2. The Morgan fingerprint density at radius 1 is 1.11 bits per heavy atom. The SMILES string of the molecule is CC(C)Cn1cc(Nc2nc(-c3nc4ccccc4s3)nc3cn[nH]c23)cn1. The Hall–Kier alpha value is -3.33. The minimum atomic E-state index is 0.525. The number of aromatic nitrogens is 7. The third-order valence-corrected chi connectivity index (χ3v) is 5.27. The number of aromatic amines is 1. The maximum atomic E-state index is 4.72. The Bertz CT molecular complexity index is 1230. The molecule has 0 spiro atoms. The number of nitrogens with one attached hydrogen (secondary N) is 2. The van der Waals surface area contributed by atoms with E-state index >= 15 is 0 Å². The highest BCUT2D eigenvalue weighted by atomic mass is 32.1. The van der Waals surface area contributed by atoms with Crippen molar-refractivity contribution in [1.29, 1.82) is 0 Å². The normalized spacial score (nSPS) is 11.7. The number of anilines is 2. The summed E-state index contributed by atoms with van der Waals surface area (Å²) in [4.78, 5) is 14.0. The highest BCUT2D eigenvalue weighted by Crippen LogP contribution is 2.31. The number of thiazole rings is 1. The summed E-state index contributed by atoms with van der Waals surface area (Å²) in [6, 6.07) is 8.03. The van der Waals surface area contributed by atoms with E-state index in [2.05, 4.69) is 50.5 Å². The molecule has 4 aromatic heterocycles. The summed E-state index contributed by atoms with van der Waals surface area (Å²) < 4.78 is 3.03. The molecule has 0 aliphatic carbocycles. The molecule has 28 heavy (non-hydrogen) atoms. The van der Waals surface area contributed by atoms with Gasteiger partial charge in [-0.25, -0.2) is 15.0 Å². The number of para-hydroxylation sites is 1. The smallest absolute Gasteiger partial charge is 0.191 e. The van der Waals surface area contributed by atoms with Gasteiger partial charge in [-0.1, -0.05) is 26.0 Å². The molecule has 0 saturated heterocycles. The fraction of sp³-hybridized carbons (Fsp3) is 0.211. The van der Waals surface area contributed by atoms with Gasteiger partial charge in [0.05, 0.1) is 28.3 Å². The van der Waals surface area contributed by atoms with E-state index < -0.39 is 0 Å². The molecule has 0 atom stereocenters. The van der Waals surface area contributed by atoms with Gasteiger partial charge in [0, 0.05) is 12.7 Å². The van der Waals surface area contributed by atoms with E-state index in [0.717, 1.165) is 38.5 Å². The number of benzene rings is 1. The second-order valence-electron chi connectivity index (χ2n) is 6.98. The Labute approximate surface area is 164 Å². The van der Waals surface area contributed by atoms with Crippen molar-refractivity contribution in [3.05, 3.63) is 42.9 Å². The second kappa shape index (κ2) is 6.68. The zero-order valence-corrected chi connectivity index (χ0v) is 16.2. The largest absolute Gasteiger partial charge is 0.336 e. The standard InChI is InChI=1S/C19H18N8S/c1-11(2)9-27-10-12(7-21-27)22-17-16-14(8-20-26-16)23-18(25-17)19-24-13-5-3-4-6-15(13)28-19/h3-8,10-11H,9H2,1-2H3,(H,20,26)(H,22,23,25). The molecular weight excluding hydrogens is 372 g/mol. The summed E-state index contributed by atoms with van der Waals surface area (Å²) in [5.74, 6) is 1.75. The van der Waals surface area contributed by atoms with Crippen LogP contribution in [0.5, 0.6) is 0 Å². The molecule has 5 rings (SSSR count). The molecule has 0 radical (unpaired) electrons. The predicted molar refractivity (Wildman–Crippen MR) is 111 cm³/mol. The predicted octanol–water partition coefficient (Wildman–Crippen LogP) is 4.23. The van der Waals surface area contributed by atoms with E-state index in [1.807, 2.05) is 29.1 Å². The van der Waals surface area contributed by atoms with Crippen LogP contribution in [0.2, 0.25) is 0 Å². The zero-order chi connectivity index (χ0) is 19.1. The van der Waals surface area contributed by atoms with Crippen LogP contribution in [0.25, 0.3) is 32.1 Å². The summed E-state index contributed by atoms with van der Waals surface area (Å²) in [6.07, 6.45) is 5.47. The molecule has 0 aliphatic rings. The molecule has 140 valence electrons. The minimum absolute atomic E-state index is 0.525. The highest BCUT2D eigenvalue weighted by Gasteiger charge is 2.15. The Morgan fingerprint density at radius 2 is 2.00 bits per heavy atom.